The molecule has 7 heteroatoms. The van der Waals surface area contributed by atoms with Gasteiger partial charge in [-0.3, -0.25) is 9.48 Å². The van der Waals surface area contributed by atoms with Crippen molar-refractivity contribution in [2.75, 3.05) is 5.32 Å². The summed E-state index contributed by atoms with van der Waals surface area (Å²) in [5.41, 5.74) is 2.46. The Hall–Kier alpha value is -1.40. The number of carbonyl (C=O) groups excluding carboxylic acids is 1. The Balaban J connectivity index is 2.00. The summed E-state index contributed by atoms with van der Waals surface area (Å²) < 4.78 is 1.70. The van der Waals surface area contributed by atoms with Gasteiger partial charge in [-0.15, -0.1) is 22.9 Å². The van der Waals surface area contributed by atoms with E-state index in [9.17, 15) is 4.79 Å². The van der Waals surface area contributed by atoms with Gasteiger partial charge < -0.3 is 5.32 Å². The number of aryl methyl sites for hydroxylation is 2. The quantitative estimate of drug-likeness (QED) is 0.862. The van der Waals surface area contributed by atoms with Crippen LogP contribution < -0.4 is 5.32 Å². The number of amides is 1. The largest absolute Gasteiger partial charge is 0.323 e. The van der Waals surface area contributed by atoms with Gasteiger partial charge in [-0.1, -0.05) is 6.92 Å². The van der Waals surface area contributed by atoms with E-state index in [1.54, 1.807) is 4.68 Å². The van der Waals surface area contributed by atoms with Crippen molar-refractivity contribution in [2.45, 2.75) is 25.6 Å². The highest BCUT2D eigenvalue weighted by Gasteiger charge is 2.12. The number of alkyl halides is 1. The van der Waals surface area contributed by atoms with Gasteiger partial charge in [0.25, 0.3) is 0 Å². The van der Waals surface area contributed by atoms with E-state index >= 15 is 0 Å². The van der Waals surface area contributed by atoms with Gasteiger partial charge in [0.1, 0.15) is 5.01 Å². The topological polar surface area (TPSA) is 59.8 Å². The summed E-state index contributed by atoms with van der Waals surface area (Å²) in [5, 5.41) is 9.79. The summed E-state index contributed by atoms with van der Waals surface area (Å²) in [7, 11) is 1.84. The summed E-state index contributed by atoms with van der Waals surface area (Å²) in [6.07, 6.45) is 2.85. The lowest BCUT2D eigenvalue weighted by Crippen LogP contribution is -2.14. The van der Waals surface area contributed by atoms with Crippen molar-refractivity contribution in [2.24, 2.45) is 7.05 Å². The SMILES string of the molecule is CCc1nn(C)cc1NC(=O)Cc1nc(CCl)cs1. The molecule has 0 saturated heterocycles. The Morgan fingerprint density at radius 3 is 3.00 bits per heavy atom. The van der Waals surface area contributed by atoms with Crippen molar-refractivity contribution >= 4 is 34.5 Å². The molecule has 0 atom stereocenters. The summed E-state index contributed by atoms with van der Waals surface area (Å²) in [4.78, 5) is 16.2. The predicted molar refractivity (Wildman–Crippen MR) is 76.6 cm³/mol. The third kappa shape index (κ3) is 3.54. The van der Waals surface area contributed by atoms with Crippen LogP contribution in [-0.4, -0.2) is 20.7 Å². The van der Waals surface area contributed by atoms with Crippen LogP contribution in [0.15, 0.2) is 11.6 Å². The average Bonchev–Trinajstić information content (AvgIpc) is 2.95. The maximum absolute atomic E-state index is 11.9. The molecule has 2 rings (SSSR count). The lowest BCUT2D eigenvalue weighted by molar-refractivity contribution is -0.115. The number of halogens is 1. The first-order valence-corrected chi connectivity index (χ1v) is 7.35. The number of nitrogens with zero attached hydrogens (tertiary/aromatic N) is 3. The van der Waals surface area contributed by atoms with Crippen LogP contribution in [0.3, 0.4) is 0 Å². The maximum atomic E-state index is 11.9. The molecule has 1 amide bonds. The number of nitrogens with one attached hydrogen (secondary N) is 1. The van der Waals surface area contributed by atoms with Crippen molar-refractivity contribution in [3.63, 3.8) is 0 Å². The normalized spacial score (nSPS) is 10.7. The van der Waals surface area contributed by atoms with Gasteiger partial charge in [-0.25, -0.2) is 4.98 Å². The molecule has 5 nitrogen and oxygen atoms in total. The minimum absolute atomic E-state index is 0.0850. The van der Waals surface area contributed by atoms with Crippen LogP contribution in [0.25, 0.3) is 0 Å². The maximum Gasteiger partial charge on any atom is 0.231 e. The van der Waals surface area contributed by atoms with Gasteiger partial charge >= 0.3 is 0 Å². The summed E-state index contributed by atoms with van der Waals surface area (Å²) in [5.74, 6) is 0.291. The van der Waals surface area contributed by atoms with E-state index in [1.165, 1.54) is 11.3 Å². The van der Waals surface area contributed by atoms with E-state index in [0.717, 1.165) is 28.5 Å². The Morgan fingerprint density at radius 2 is 2.37 bits per heavy atom. The molecule has 2 heterocycles. The van der Waals surface area contributed by atoms with E-state index in [2.05, 4.69) is 15.4 Å². The van der Waals surface area contributed by atoms with Crippen LogP contribution in [-0.2, 0) is 30.6 Å². The molecule has 0 aliphatic heterocycles. The zero-order valence-corrected chi connectivity index (χ0v) is 12.4. The Bertz CT molecular complexity index is 578. The molecule has 2 aromatic heterocycles. The van der Waals surface area contributed by atoms with Crippen molar-refractivity contribution in [1.29, 1.82) is 0 Å². The van der Waals surface area contributed by atoms with Crippen molar-refractivity contribution in [3.05, 3.63) is 28.0 Å². The molecule has 102 valence electrons. The minimum atomic E-state index is -0.0850. The average molecular weight is 299 g/mol. The Kier molecular flexibility index (Phi) is 4.55. The van der Waals surface area contributed by atoms with Gasteiger partial charge in [0.15, 0.2) is 0 Å². The molecular formula is C12H15ClN4OS. The highest BCUT2D eigenvalue weighted by Crippen LogP contribution is 2.16. The number of carbonyl (C=O) groups is 1. The summed E-state index contributed by atoms with van der Waals surface area (Å²) in [6.45, 7) is 2.01. The van der Waals surface area contributed by atoms with Crippen LogP contribution in [0.5, 0.6) is 0 Å². The molecular weight excluding hydrogens is 284 g/mol. The van der Waals surface area contributed by atoms with Crippen molar-refractivity contribution in [3.8, 4) is 0 Å². The van der Waals surface area contributed by atoms with Crippen LogP contribution in [0.4, 0.5) is 5.69 Å². The van der Waals surface area contributed by atoms with E-state index in [0.29, 0.717) is 5.88 Å². The number of anilines is 1. The molecule has 0 unspecified atom stereocenters. The van der Waals surface area contributed by atoms with Crippen molar-refractivity contribution in [1.82, 2.24) is 14.8 Å². The molecule has 0 saturated carbocycles. The number of aromatic nitrogens is 3. The number of rotatable bonds is 5. The van der Waals surface area contributed by atoms with Gasteiger partial charge in [0, 0.05) is 18.6 Å². The fraction of sp³-hybridized carbons (Fsp3) is 0.417. The van der Waals surface area contributed by atoms with E-state index in [-0.39, 0.29) is 12.3 Å². The van der Waals surface area contributed by atoms with Gasteiger partial charge in [-0.05, 0) is 6.42 Å². The Morgan fingerprint density at radius 1 is 1.58 bits per heavy atom. The first-order chi connectivity index (χ1) is 9.12. The smallest absolute Gasteiger partial charge is 0.231 e. The number of hydrogen-bond donors (Lipinski definition) is 1. The zero-order chi connectivity index (χ0) is 13.8. The molecule has 0 fully saturated rings. The third-order valence-corrected chi connectivity index (χ3v) is 3.73. The highest BCUT2D eigenvalue weighted by molar-refractivity contribution is 7.09. The lowest BCUT2D eigenvalue weighted by Gasteiger charge is -2.02. The molecule has 1 N–H and O–H groups in total. The van der Waals surface area contributed by atoms with Gasteiger partial charge in [-0.2, -0.15) is 5.10 Å². The van der Waals surface area contributed by atoms with Crippen LogP contribution in [0.1, 0.15) is 23.3 Å². The number of thiazole rings is 1. The fourth-order valence-electron chi connectivity index (χ4n) is 1.72. The second kappa shape index (κ2) is 6.16. The fourth-order valence-corrected chi connectivity index (χ4v) is 2.74. The third-order valence-electron chi connectivity index (χ3n) is 2.56. The summed E-state index contributed by atoms with van der Waals surface area (Å²) in [6, 6.07) is 0. The highest BCUT2D eigenvalue weighted by atomic mass is 35.5. The van der Waals surface area contributed by atoms with Gasteiger partial charge in [0.2, 0.25) is 5.91 Å². The first kappa shape index (κ1) is 14.0. The predicted octanol–water partition coefficient (Wildman–Crippen LogP) is 2.36. The minimum Gasteiger partial charge on any atom is -0.323 e. The second-order valence-corrected chi connectivity index (χ2v) is 5.32. The zero-order valence-electron chi connectivity index (χ0n) is 10.8. The molecule has 0 aliphatic carbocycles. The molecule has 0 bridgehead atoms. The second-order valence-electron chi connectivity index (χ2n) is 4.11. The molecule has 0 aromatic carbocycles. The van der Waals surface area contributed by atoms with Crippen LogP contribution >= 0.6 is 22.9 Å². The van der Waals surface area contributed by atoms with Crippen molar-refractivity contribution < 1.29 is 4.79 Å². The summed E-state index contributed by atoms with van der Waals surface area (Å²) >= 11 is 7.13. The lowest BCUT2D eigenvalue weighted by atomic mass is 10.3. The molecule has 2 aromatic rings. The van der Waals surface area contributed by atoms with E-state index < -0.39 is 0 Å². The Labute approximate surface area is 120 Å². The van der Waals surface area contributed by atoms with E-state index in [4.69, 9.17) is 11.6 Å². The van der Waals surface area contributed by atoms with Crippen LogP contribution in [0.2, 0.25) is 0 Å². The molecule has 0 aliphatic rings. The molecule has 0 spiro atoms. The number of hydrogen-bond acceptors (Lipinski definition) is 4. The van der Waals surface area contributed by atoms with Crippen LogP contribution in [0, 0.1) is 0 Å². The van der Waals surface area contributed by atoms with E-state index in [1.807, 2.05) is 25.5 Å². The monoisotopic (exact) mass is 298 g/mol. The van der Waals surface area contributed by atoms with Gasteiger partial charge in [0.05, 0.1) is 29.4 Å². The molecule has 19 heavy (non-hydrogen) atoms. The first-order valence-electron chi connectivity index (χ1n) is 5.94. The standard InChI is InChI=1S/C12H15ClN4OS/c1-3-9-10(6-17(2)16-9)15-11(18)4-12-14-8(5-13)7-19-12/h6-7H,3-5H2,1-2H3,(H,15,18). The molecule has 0 radical (unpaired) electrons.